The third-order valence-electron chi connectivity index (χ3n) is 4.19. The molecule has 0 aliphatic carbocycles. The Morgan fingerprint density at radius 2 is 1.52 bits per heavy atom. The van der Waals surface area contributed by atoms with Crippen LogP contribution in [0.25, 0.3) is 0 Å². The molecule has 3 heteroatoms. The number of rotatable bonds is 13. The fraction of sp³-hybridized carbons (Fsp3) is 0.833. The van der Waals surface area contributed by atoms with Crippen molar-refractivity contribution in [3.8, 4) is 5.95 Å². The summed E-state index contributed by atoms with van der Waals surface area (Å²) in [6.45, 7) is 4.52. The number of hydrogen-bond acceptors (Lipinski definition) is 3. The predicted molar refractivity (Wildman–Crippen MR) is 87.9 cm³/mol. The normalized spacial score (nSPS) is 12.5. The lowest BCUT2D eigenvalue weighted by molar-refractivity contribution is 0.258. The van der Waals surface area contributed by atoms with Gasteiger partial charge in [0.25, 0.3) is 0 Å². The van der Waals surface area contributed by atoms with E-state index < -0.39 is 0 Å². The van der Waals surface area contributed by atoms with Crippen molar-refractivity contribution in [2.75, 3.05) is 7.11 Å². The van der Waals surface area contributed by atoms with E-state index in [4.69, 9.17) is 9.26 Å². The minimum Gasteiger partial charge on any atom is -0.467 e. The maximum absolute atomic E-state index is 5.19. The standard InChI is InChI=1S/C18H33NO2/c1-4-6-8-9-10-12-14-16(13-11-7-5-2)17-15-18(20-3)21-19-17/h15-16H,4-14H2,1-3H3. The lowest BCUT2D eigenvalue weighted by Gasteiger charge is -2.13. The Morgan fingerprint density at radius 3 is 2.14 bits per heavy atom. The van der Waals surface area contributed by atoms with Gasteiger partial charge in [0.05, 0.1) is 12.8 Å². The summed E-state index contributed by atoms with van der Waals surface area (Å²) >= 11 is 0. The molecular formula is C18H33NO2. The van der Waals surface area contributed by atoms with Crippen LogP contribution in [0.5, 0.6) is 5.95 Å². The highest BCUT2D eigenvalue weighted by molar-refractivity contribution is 5.14. The fourth-order valence-electron chi connectivity index (χ4n) is 2.81. The van der Waals surface area contributed by atoms with Gasteiger partial charge in [-0.2, -0.15) is 0 Å². The summed E-state index contributed by atoms with van der Waals surface area (Å²) in [5, 5.41) is 4.19. The average molecular weight is 295 g/mol. The molecular weight excluding hydrogens is 262 g/mol. The molecule has 0 radical (unpaired) electrons. The van der Waals surface area contributed by atoms with Gasteiger partial charge < -0.3 is 9.26 Å². The van der Waals surface area contributed by atoms with Crippen molar-refractivity contribution in [3.05, 3.63) is 11.8 Å². The van der Waals surface area contributed by atoms with Crippen molar-refractivity contribution in [2.24, 2.45) is 0 Å². The van der Waals surface area contributed by atoms with Crippen molar-refractivity contribution in [1.29, 1.82) is 0 Å². The van der Waals surface area contributed by atoms with E-state index in [1.165, 1.54) is 70.6 Å². The Morgan fingerprint density at radius 1 is 0.952 bits per heavy atom. The van der Waals surface area contributed by atoms with Gasteiger partial charge in [0, 0.05) is 12.0 Å². The zero-order valence-electron chi connectivity index (χ0n) is 14.2. The quantitative estimate of drug-likeness (QED) is 0.412. The molecule has 3 nitrogen and oxygen atoms in total. The largest absolute Gasteiger partial charge is 0.467 e. The highest BCUT2D eigenvalue weighted by Gasteiger charge is 2.16. The molecule has 0 aliphatic heterocycles. The lowest BCUT2D eigenvalue weighted by Crippen LogP contribution is -2.00. The third kappa shape index (κ3) is 7.54. The molecule has 0 fully saturated rings. The molecule has 0 saturated carbocycles. The van der Waals surface area contributed by atoms with Crippen LogP contribution in [0.1, 0.15) is 96.1 Å². The summed E-state index contributed by atoms with van der Waals surface area (Å²) in [5.74, 6) is 1.07. The lowest BCUT2D eigenvalue weighted by atomic mass is 9.92. The Hall–Kier alpha value is -0.990. The highest BCUT2D eigenvalue weighted by Crippen LogP contribution is 2.29. The number of unbranched alkanes of at least 4 members (excludes halogenated alkanes) is 7. The van der Waals surface area contributed by atoms with Gasteiger partial charge in [-0.15, -0.1) is 0 Å². The van der Waals surface area contributed by atoms with Crippen LogP contribution >= 0.6 is 0 Å². The minimum atomic E-state index is 0.536. The van der Waals surface area contributed by atoms with E-state index in [-0.39, 0.29) is 0 Å². The molecule has 1 atom stereocenters. The van der Waals surface area contributed by atoms with Crippen molar-refractivity contribution in [2.45, 2.75) is 90.4 Å². The highest BCUT2D eigenvalue weighted by atomic mass is 16.6. The fourth-order valence-corrected chi connectivity index (χ4v) is 2.81. The van der Waals surface area contributed by atoms with Crippen molar-refractivity contribution < 1.29 is 9.26 Å². The first kappa shape index (κ1) is 18.1. The molecule has 1 rings (SSSR count). The Bertz CT molecular complexity index is 349. The molecule has 1 aromatic heterocycles. The zero-order chi connectivity index (χ0) is 15.3. The van der Waals surface area contributed by atoms with Crippen molar-refractivity contribution in [1.82, 2.24) is 5.16 Å². The second-order valence-electron chi connectivity index (χ2n) is 6.02. The van der Waals surface area contributed by atoms with E-state index in [0.29, 0.717) is 11.9 Å². The summed E-state index contributed by atoms with van der Waals surface area (Å²) in [5.41, 5.74) is 1.08. The Balaban J connectivity index is 2.37. The first-order valence-electron chi connectivity index (χ1n) is 8.82. The molecule has 0 aromatic carbocycles. The summed E-state index contributed by atoms with van der Waals surface area (Å²) in [6.07, 6.45) is 14.4. The van der Waals surface area contributed by atoms with Crippen LogP contribution in [0.3, 0.4) is 0 Å². The summed E-state index contributed by atoms with van der Waals surface area (Å²) in [4.78, 5) is 0. The average Bonchev–Trinajstić information content (AvgIpc) is 2.98. The SMILES string of the molecule is CCCCCCCCC(CCCCC)c1cc(OC)on1. The van der Waals surface area contributed by atoms with Crippen LogP contribution in [0.4, 0.5) is 0 Å². The Kier molecular flexibility index (Phi) is 10.0. The van der Waals surface area contributed by atoms with E-state index >= 15 is 0 Å². The molecule has 0 spiro atoms. The molecule has 1 heterocycles. The van der Waals surface area contributed by atoms with Crippen molar-refractivity contribution in [3.63, 3.8) is 0 Å². The smallest absolute Gasteiger partial charge is 0.311 e. The Labute approximate surface area is 130 Å². The topological polar surface area (TPSA) is 35.3 Å². The monoisotopic (exact) mass is 295 g/mol. The van der Waals surface area contributed by atoms with E-state index in [1.807, 2.05) is 6.07 Å². The van der Waals surface area contributed by atoms with Crippen LogP contribution in [-0.4, -0.2) is 12.3 Å². The van der Waals surface area contributed by atoms with Gasteiger partial charge >= 0.3 is 5.95 Å². The number of methoxy groups -OCH3 is 1. The second kappa shape index (κ2) is 11.6. The second-order valence-corrected chi connectivity index (χ2v) is 6.02. The summed E-state index contributed by atoms with van der Waals surface area (Å²) in [6, 6.07) is 1.97. The maximum Gasteiger partial charge on any atom is 0.311 e. The van der Waals surface area contributed by atoms with Gasteiger partial charge in [0.2, 0.25) is 0 Å². The van der Waals surface area contributed by atoms with E-state index in [0.717, 1.165) is 5.69 Å². The molecule has 1 aromatic rings. The molecule has 0 aliphatic rings. The predicted octanol–water partition coefficient (Wildman–Crippen LogP) is 6.10. The number of nitrogens with zero attached hydrogens (tertiary/aromatic N) is 1. The van der Waals surface area contributed by atoms with Gasteiger partial charge in [-0.3, -0.25) is 0 Å². The van der Waals surface area contributed by atoms with Gasteiger partial charge in [-0.25, -0.2) is 0 Å². The first-order valence-corrected chi connectivity index (χ1v) is 8.82. The third-order valence-corrected chi connectivity index (χ3v) is 4.19. The molecule has 0 amide bonds. The maximum atomic E-state index is 5.19. The molecule has 122 valence electrons. The van der Waals surface area contributed by atoms with Gasteiger partial charge in [0.15, 0.2) is 0 Å². The molecule has 0 bridgehead atoms. The van der Waals surface area contributed by atoms with Crippen LogP contribution in [0, 0.1) is 0 Å². The summed E-state index contributed by atoms with van der Waals surface area (Å²) in [7, 11) is 1.63. The van der Waals surface area contributed by atoms with E-state index in [2.05, 4.69) is 19.0 Å². The number of aromatic nitrogens is 1. The zero-order valence-corrected chi connectivity index (χ0v) is 14.2. The van der Waals surface area contributed by atoms with Gasteiger partial charge in [-0.05, 0) is 12.8 Å². The molecule has 1 unspecified atom stereocenters. The molecule has 0 N–H and O–H groups in total. The molecule has 21 heavy (non-hydrogen) atoms. The van der Waals surface area contributed by atoms with Gasteiger partial charge in [0.1, 0.15) is 0 Å². The van der Waals surface area contributed by atoms with Crippen molar-refractivity contribution >= 4 is 0 Å². The van der Waals surface area contributed by atoms with Crippen LogP contribution in [-0.2, 0) is 0 Å². The molecule has 0 saturated heterocycles. The first-order chi connectivity index (χ1) is 10.3. The number of ether oxygens (including phenoxy) is 1. The van der Waals surface area contributed by atoms with Crippen LogP contribution in [0.15, 0.2) is 10.6 Å². The number of hydrogen-bond donors (Lipinski definition) is 0. The van der Waals surface area contributed by atoms with Crippen LogP contribution < -0.4 is 4.74 Å². The van der Waals surface area contributed by atoms with Crippen LogP contribution in [0.2, 0.25) is 0 Å². The van der Waals surface area contributed by atoms with E-state index in [1.54, 1.807) is 7.11 Å². The summed E-state index contributed by atoms with van der Waals surface area (Å²) < 4.78 is 10.3. The minimum absolute atomic E-state index is 0.536. The van der Waals surface area contributed by atoms with Gasteiger partial charge in [-0.1, -0.05) is 76.8 Å². The van der Waals surface area contributed by atoms with E-state index in [9.17, 15) is 0 Å².